The monoisotopic (exact) mass is 146 g/mol. The Morgan fingerprint density at radius 2 is 1.20 bits per heavy atom. The normalized spacial score (nSPS) is 37.5. The van der Waals surface area contributed by atoms with Gasteiger partial charge in [-0.1, -0.05) is 12.8 Å². The molecule has 0 spiro atoms. The van der Waals surface area contributed by atoms with Crippen molar-refractivity contribution in [2.45, 2.75) is 44.0 Å². The molecule has 60 valence electrons. The molecular weight excluding hydrogens is 132 g/mol. The molecule has 1 fully saturated rings. The summed E-state index contributed by atoms with van der Waals surface area (Å²) in [6.45, 7) is 0. The molecule has 0 amide bonds. The zero-order chi connectivity index (χ0) is 7.56. The largest absolute Gasteiger partial charge is 0.390 e. The number of aliphatic hydroxyl groups is 3. The summed E-state index contributed by atoms with van der Waals surface area (Å²) in [7, 11) is 0. The molecule has 0 aromatic carbocycles. The lowest BCUT2D eigenvalue weighted by molar-refractivity contribution is -0.0553. The van der Waals surface area contributed by atoms with Gasteiger partial charge in [-0.3, -0.25) is 0 Å². The van der Waals surface area contributed by atoms with Gasteiger partial charge in [0.1, 0.15) is 6.10 Å². The van der Waals surface area contributed by atoms with E-state index in [0.29, 0.717) is 12.8 Å². The lowest BCUT2D eigenvalue weighted by Crippen LogP contribution is -2.35. The third-order valence-electron chi connectivity index (χ3n) is 2.04. The molecule has 2 atom stereocenters. The summed E-state index contributed by atoms with van der Waals surface area (Å²) in [6, 6.07) is 0. The Labute approximate surface area is 60.3 Å². The van der Waals surface area contributed by atoms with Crippen LogP contribution in [0.4, 0.5) is 0 Å². The standard InChI is InChI=1S/C7H14O3/c8-5-3-1-2-4-6(9)7(5)10/h5-10H,1-4H2/t5-,6-/m0/s1. The van der Waals surface area contributed by atoms with Gasteiger partial charge < -0.3 is 15.3 Å². The van der Waals surface area contributed by atoms with Crippen LogP contribution in [0, 0.1) is 0 Å². The van der Waals surface area contributed by atoms with Crippen molar-refractivity contribution in [3.8, 4) is 0 Å². The molecule has 10 heavy (non-hydrogen) atoms. The third kappa shape index (κ3) is 1.68. The van der Waals surface area contributed by atoms with Crippen LogP contribution < -0.4 is 0 Å². The lowest BCUT2D eigenvalue weighted by atomic mass is 10.1. The Kier molecular flexibility index (Phi) is 2.65. The minimum absolute atomic E-state index is 0.609. The van der Waals surface area contributed by atoms with Crippen molar-refractivity contribution in [1.29, 1.82) is 0 Å². The summed E-state index contributed by atoms with van der Waals surface area (Å²) in [5, 5.41) is 27.4. The van der Waals surface area contributed by atoms with E-state index < -0.39 is 18.3 Å². The van der Waals surface area contributed by atoms with Gasteiger partial charge in [-0.25, -0.2) is 0 Å². The molecule has 1 rings (SSSR count). The molecule has 3 N–H and O–H groups in total. The average Bonchev–Trinajstić information content (AvgIpc) is 2.04. The highest BCUT2D eigenvalue weighted by atomic mass is 16.4. The third-order valence-corrected chi connectivity index (χ3v) is 2.04. The van der Waals surface area contributed by atoms with Crippen molar-refractivity contribution in [2.75, 3.05) is 0 Å². The molecule has 1 saturated carbocycles. The van der Waals surface area contributed by atoms with Crippen LogP contribution in [-0.4, -0.2) is 33.6 Å². The fraction of sp³-hybridized carbons (Fsp3) is 1.00. The predicted molar refractivity (Wildman–Crippen MR) is 36.5 cm³/mol. The predicted octanol–water partition coefficient (Wildman–Crippen LogP) is -0.357. The second-order valence-electron chi connectivity index (χ2n) is 2.91. The molecule has 0 aromatic rings. The highest BCUT2D eigenvalue weighted by Gasteiger charge is 2.26. The molecule has 3 nitrogen and oxygen atoms in total. The maximum atomic E-state index is 9.13. The first-order valence-electron chi connectivity index (χ1n) is 3.76. The van der Waals surface area contributed by atoms with E-state index in [4.69, 9.17) is 15.3 Å². The lowest BCUT2D eigenvalue weighted by Gasteiger charge is -2.18. The quantitative estimate of drug-likeness (QED) is 0.409. The smallest absolute Gasteiger partial charge is 0.106 e. The SMILES string of the molecule is OC1[C@@H](O)CCCC[C@@H]1O. The van der Waals surface area contributed by atoms with Crippen molar-refractivity contribution in [3.05, 3.63) is 0 Å². The van der Waals surface area contributed by atoms with E-state index in [0.717, 1.165) is 12.8 Å². The molecule has 1 aliphatic carbocycles. The van der Waals surface area contributed by atoms with Gasteiger partial charge in [0.2, 0.25) is 0 Å². The van der Waals surface area contributed by atoms with Crippen LogP contribution in [0.3, 0.4) is 0 Å². The molecular formula is C7H14O3. The van der Waals surface area contributed by atoms with Crippen LogP contribution in [0.1, 0.15) is 25.7 Å². The van der Waals surface area contributed by atoms with E-state index in [1.807, 2.05) is 0 Å². The van der Waals surface area contributed by atoms with Gasteiger partial charge in [0.05, 0.1) is 12.2 Å². The highest BCUT2D eigenvalue weighted by molar-refractivity contribution is 4.78. The number of hydrogen-bond acceptors (Lipinski definition) is 3. The molecule has 0 saturated heterocycles. The van der Waals surface area contributed by atoms with Gasteiger partial charge >= 0.3 is 0 Å². The first-order chi connectivity index (χ1) is 4.72. The van der Waals surface area contributed by atoms with E-state index in [1.54, 1.807) is 0 Å². The first-order valence-corrected chi connectivity index (χ1v) is 3.76. The summed E-state index contributed by atoms with van der Waals surface area (Å²) >= 11 is 0. The van der Waals surface area contributed by atoms with Gasteiger partial charge in [-0.05, 0) is 12.8 Å². The number of rotatable bonds is 0. The zero-order valence-electron chi connectivity index (χ0n) is 5.90. The molecule has 0 unspecified atom stereocenters. The van der Waals surface area contributed by atoms with Crippen molar-refractivity contribution >= 4 is 0 Å². The minimum Gasteiger partial charge on any atom is -0.390 e. The van der Waals surface area contributed by atoms with E-state index in [9.17, 15) is 0 Å². The van der Waals surface area contributed by atoms with Crippen LogP contribution in [0.5, 0.6) is 0 Å². The summed E-state index contributed by atoms with van der Waals surface area (Å²) < 4.78 is 0. The maximum Gasteiger partial charge on any atom is 0.106 e. The number of aliphatic hydroxyl groups excluding tert-OH is 3. The summed E-state index contributed by atoms with van der Waals surface area (Å²) in [5.74, 6) is 0. The minimum atomic E-state index is -0.928. The topological polar surface area (TPSA) is 60.7 Å². The van der Waals surface area contributed by atoms with E-state index in [-0.39, 0.29) is 0 Å². The molecule has 0 radical (unpaired) electrons. The van der Waals surface area contributed by atoms with E-state index >= 15 is 0 Å². The number of hydrogen-bond donors (Lipinski definition) is 3. The van der Waals surface area contributed by atoms with Crippen molar-refractivity contribution in [1.82, 2.24) is 0 Å². The molecule has 1 aliphatic rings. The summed E-state index contributed by atoms with van der Waals surface area (Å²) in [6.07, 6.45) is 0.638. The molecule has 0 aromatic heterocycles. The highest BCUT2D eigenvalue weighted by Crippen LogP contribution is 2.18. The van der Waals surface area contributed by atoms with Crippen LogP contribution in [-0.2, 0) is 0 Å². The molecule has 3 heteroatoms. The van der Waals surface area contributed by atoms with E-state index in [2.05, 4.69) is 0 Å². The van der Waals surface area contributed by atoms with Gasteiger partial charge in [0.25, 0.3) is 0 Å². The fourth-order valence-corrected chi connectivity index (χ4v) is 1.30. The Morgan fingerprint density at radius 1 is 0.800 bits per heavy atom. The second-order valence-corrected chi connectivity index (χ2v) is 2.91. The summed E-state index contributed by atoms with van der Waals surface area (Å²) in [5.41, 5.74) is 0. The van der Waals surface area contributed by atoms with Gasteiger partial charge in [0, 0.05) is 0 Å². The Hall–Kier alpha value is -0.120. The maximum absolute atomic E-state index is 9.13. The molecule has 0 bridgehead atoms. The Balaban J connectivity index is 2.46. The van der Waals surface area contributed by atoms with Crippen molar-refractivity contribution in [2.24, 2.45) is 0 Å². The molecule has 0 heterocycles. The zero-order valence-corrected chi connectivity index (χ0v) is 5.90. The Morgan fingerprint density at radius 3 is 1.60 bits per heavy atom. The van der Waals surface area contributed by atoms with Crippen molar-refractivity contribution in [3.63, 3.8) is 0 Å². The summed E-state index contributed by atoms with van der Waals surface area (Å²) in [4.78, 5) is 0. The van der Waals surface area contributed by atoms with Gasteiger partial charge in [-0.2, -0.15) is 0 Å². The fourth-order valence-electron chi connectivity index (χ4n) is 1.30. The van der Waals surface area contributed by atoms with Crippen LogP contribution >= 0.6 is 0 Å². The van der Waals surface area contributed by atoms with Crippen LogP contribution in [0.25, 0.3) is 0 Å². The second kappa shape index (κ2) is 3.32. The Bertz CT molecular complexity index is 93.0. The van der Waals surface area contributed by atoms with Gasteiger partial charge in [0.15, 0.2) is 0 Å². The first kappa shape index (κ1) is 7.98. The average molecular weight is 146 g/mol. The van der Waals surface area contributed by atoms with Crippen molar-refractivity contribution < 1.29 is 15.3 Å². The van der Waals surface area contributed by atoms with Crippen LogP contribution in [0.15, 0.2) is 0 Å². The molecule has 0 aliphatic heterocycles. The van der Waals surface area contributed by atoms with Gasteiger partial charge in [-0.15, -0.1) is 0 Å². The van der Waals surface area contributed by atoms with Crippen LogP contribution in [0.2, 0.25) is 0 Å². The van der Waals surface area contributed by atoms with E-state index in [1.165, 1.54) is 0 Å².